The maximum absolute atomic E-state index is 10.0. The van der Waals surface area contributed by atoms with Crippen molar-refractivity contribution in [3.05, 3.63) is 55.1 Å². The highest BCUT2D eigenvalue weighted by molar-refractivity contribution is 5.99. The van der Waals surface area contributed by atoms with Crippen LogP contribution >= 0.6 is 0 Å². The van der Waals surface area contributed by atoms with Crippen molar-refractivity contribution in [3.63, 3.8) is 0 Å². The fourth-order valence-corrected chi connectivity index (χ4v) is 4.62. The predicted molar refractivity (Wildman–Crippen MR) is 130 cm³/mol. The molecule has 5 rings (SSSR count). The molecule has 1 aromatic carbocycles. The van der Waals surface area contributed by atoms with E-state index < -0.39 is 5.60 Å². The van der Waals surface area contributed by atoms with Gasteiger partial charge in [0.1, 0.15) is 5.65 Å². The molecule has 0 bridgehead atoms. The molecular weight excluding hydrogens is 412 g/mol. The number of nitriles is 1. The van der Waals surface area contributed by atoms with E-state index in [1.807, 2.05) is 24.8 Å². The molecule has 4 heterocycles. The number of aromatic nitrogens is 4. The summed E-state index contributed by atoms with van der Waals surface area (Å²) in [5.41, 5.74) is 5.55. The van der Waals surface area contributed by atoms with Gasteiger partial charge in [-0.2, -0.15) is 10.4 Å². The van der Waals surface area contributed by atoms with Gasteiger partial charge in [0, 0.05) is 54.1 Å². The SMILES string of the molecule is CC(C)(O)Cn1cc(-c2ccc(-c3cnc4[nH]ccc4c3N3CCC(C#N)CC3)cc2)cn1. The summed E-state index contributed by atoms with van der Waals surface area (Å²) in [7, 11) is 0. The van der Waals surface area contributed by atoms with Crippen LogP contribution in [0.3, 0.4) is 0 Å². The first-order valence-corrected chi connectivity index (χ1v) is 11.4. The third kappa shape index (κ3) is 4.35. The Kier molecular flexibility index (Phi) is 5.39. The van der Waals surface area contributed by atoms with Crippen molar-refractivity contribution < 1.29 is 5.11 Å². The highest BCUT2D eigenvalue weighted by Gasteiger charge is 2.24. The fraction of sp³-hybridized carbons (Fsp3) is 0.346. The number of anilines is 1. The predicted octanol–water partition coefficient (Wildman–Crippen LogP) is 4.60. The number of aliphatic hydroxyl groups is 1. The standard InChI is InChI=1S/C26H28N6O/c1-26(2,33)17-32-16-21(14-30-32)19-3-5-20(6-4-19)23-15-29-25-22(7-10-28-25)24(23)31-11-8-18(13-27)9-12-31/h3-7,10,14-16,18,33H,8-9,11-12,17H2,1-2H3,(H,28,29). The van der Waals surface area contributed by atoms with Crippen molar-refractivity contribution >= 4 is 16.7 Å². The van der Waals surface area contributed by atoms with Crippen LogP contribution in [0, 0.1) is 17.2 Å². The van der Waals surface area contributed by atoms with Crippen LogP contribution in [0.25, 0.3) is 33.3 Å². The second-order valence-electron chi connectivity index (χ2n) is 9.47. The van der Waals surface area contributed by atoms with Crippen molar-refractivity contribution in [1.82, 2.24) is 19.7 Å². The van der Waals surface area contributed by atoms with Crippen LogP contribution in [-0.4, -0.2) is 43.5 Å². The Balaban J connectivity index is 1.47. The Hall–Kier alpha value is -3.63. The molecule has 0 unspecified atom stereocenters. The van der Waals surface area contributed by atoms with E-state index in [0.29, 0.717) is 6.54 Å². The van der Waals surface area contributed by atoms with Gasteiger partial charge >= 0.3 is 0 Å². The third-order valence-electron chi connectivity index (χ3n) is 6.26. The van der Waals surface area contributed by atoms with Gasteiger partial charge < -0.3 is 15.0 Å². The number of aromatic amines is 1. The number of hydrogen-bond acceptors (Lipinski definition) is 5. The van der Waals surface area contributed by atoms with E-state index in [0.717, 1.165) is 59.2 Å². The molecule has 0 saturated carbocycles. The summed E-state index contributed by atoms with van der Waals surface area (Å²) in [6, 6.07) is 13.0. The van der Waals surface area contributed by atoms with Gasteiger partial charge in [-0.1, -0.05) is 24.3 Å². The molecule has 2 N–H and O–H groups in total. The highest BCUT2D eigenvalue weighted by Crippen LogP contribution is 2.38. The van der Waals surface area contributed by atoms with Crippen LogP contribution in [0.4, 0.5) is 5.69 Å². The molecule has 168 valence electrons. The van der Waals surface area contributed by atoms with E-state index in [4.69, 9.17) is 0 Å². The lowest BCUT2D eigenvalue weighted by atomic mass is 9.95. The first-order chi connectivity index (χ1) is 15.9. The molecule has 1 fully saturated rings. The van der Waals surface area contributed by atoms with Crippen molar-refractivity contribution in [1.29, 1.82) is 5.26 Å². The normalized spacial score (nSPS) is 15.2. The largest absolute Gasteiger partial charge is 0.389 e. The van der Waals surface area contributed by atoms with Crippen LogP contribution in [0.2, 0.25) is 0 Å². The molecule has 4 aromatic rings. The van der Waals surface area contributed by atoms with E-state index in [9.17, 15) is 10.4 Å². The molecule has 0 spiro atoms. The second-order valence-corrected chi connectivity index (χ2v) is 9.47. The van der Waals surface area contributed by atoms with E-state index in [-0.39, 0.29) is 5.92 Å². The van der Waals surface area contributed by atoms with E-state index in [1.54, 1.807) is 18.5 Å². The van der Waals surface area contributed by atoms with E-state index >= 15 is 0 Å². The monoisotopic (exact) mass is 440 g/mol. The average molecular weight is 441 g/mol. The number of pyridine rings is 1. The highest BCUT2D eigenvalue weighted by atomic mass is 16.3. The van der Waals surface area contributed by atoms with Crippen molar-refractivity contribution in [2.45, 2.75) is 38.8 Å². The number of benzene rings is 1. The topological polar surface area (TPSA) is 93.8 Å². The molecule has 1 aliphatic heterocycles. The van der Waals surface area contributed by atoms with Crippen molar-refractivity contribution in [3.8, 4) is 28.3 Å². The Morgan fingerprint density at radius 3 is 2.52 bits per heavy atom. The summed E-state index contributed by atoms with van der Waals surface area (Å²) >= 11 is 0. The van der Waals surface area contributed by atoms with Gasteiger partial charge in [-0.05, 0) is 43.9 Å². The summed E-state index contributed by atoms with van der Waals surface area (Å²) in [4.78, 5) is 10.3. The zero-order chi connectivity index (χ0) is 23.0. The van der Waals surface area contributed by atoms with Gasteiger partial charge in [0.25, 0.3) is 0 Å². The van der Waals surface area contributed by atoms with Crippen molar-refractivity contribution in [2.24, 2.45) is 5.92 Å². The second kappa shape index (κ2) is 8.38. The van der Waals surface area contributed by atoms with Gasteiger partial charge in [0.15, 0.2) is 0 Å². The molecule has 7 heteroatoms. The third-order valence-corrected chi connectivity index (χ3v) is 6.26. The number of piperidine rings is 1. The lowest BCUT2D eigenvalue weighted by Crippen LogP contribution is -2.33. The summed E-state index contributed by atoms with van der Waals surface area (Å²) in [6.45, 7) is 5.74. The maximum atomic E-state index is 10.0. The van der Waals surface area contributed by atoms with Crippen LogP contribution in [0.1, 0.15) is 26.7 Å². The smallest absolute Gasteiger partial charge is 0.139 e. The molecule has 3 aromatic heterocycles. The Labute approximate surface area is 193 Å². The molecule has 1 saturated heterocycles. The number of H-pyrrole nitrogens is 1. The maximum Gasteiger partial charge on any atom is 0.139 e. The molecule has 0 radical (unpaired) electrons. The van der Waals surface area contributed by atoms with Gasteiger partial charge in [-0.25, -0.2) is 4.98 Å². The van der Waals surface area contributed by atoms with E-state index in [2.05, 4.69) is 56.4 Å². The minimum absolute atomic E-state index is 0.143. The van der Waals surface area contributed by atoms with Crippen molar-refractivity contribution in [2.75, 3.05) is 18.0 Å². The number of nitrogens with one attached hydrogen (secondary N) is 1. The number of nitrogens with zero attached hydrogens (tertiary/aromatic N) is 5. The van der Waals surface area contributed by atoms with Gasteiger partial charge in [0.2, 0.25) is 0 Å². The Morgan fingerprint density at radius 1 is 1.09 bits per heavy atom. The summed E-state index contributed by atoms with van der Waals surface area (Å²) in [5.74, 6) is 0.143. The number of hydrogen-bond donors (Lipinski definition) is 2. The number of fused-ring (bicyclic) bond motifs is 1. The van der Waals surface area contributed by atoms with Crippen LogP contribution < -0.4 is 4.90 Å². The quantitative estimate of drug-likeness (QED) is 0.473. The molecule has 7 nitrogen and oxygen atoms in total. The van der Waals surface area contributed by atoms with Crippen LogP contribution in [-0.2, 0) is 6.54 Å². The van der Waals surface area contributed by atoms with Gasteiger partial charge in [-0.15, -0.1) is 0 Å². The first kappa shape index (κ1) is 21.2. The zero-order valence-electron chi connectivity index (χ0n) is 19.0. The van der Waals surface area contributed by atoms with Crippen LogP contribution in [0.15, 0.2) is 55.1 Å². The fourth-order valence-electron chi connectivity index (χ4n) is 4.62. The average Bonchev–Trinajstić information content (AvgIpc) is 3.47. The molecule has 0 atom stereocenters. The zero-order valence-corrected chi connectivity index (χ0v) is 19.0. The Morgan fingerprint density at radius 2 is 1.82 bits per heavy atom. The summed E-state index contributed by atoms with van der Waals surface area (Å²) in [6.07, 6.45) is 9.45. The van der Waals surface area contributed by atoms with Crippen LogP contribution in [0.5, 0.6) is 0 Å². The molecular formula is C26H28N6O. The summed E-state index contributed by atoms with van der Waals surface area (Å²) < 4.78 is 1.77. The Bertz CT molecular complexity index is 1300. The molecule has 0 amide bonds. The lowest BCUT2D eigenvalue weighted by molar-refractivity contribution is 0.0577. The molecule has 0 aliphatic carbocycles. The molecule has 1 aliphatic rings. The lowest BCUT2D eigenvalue weighted by Gasteiger charge is -2.33. The van der Waals surface area contributed by atoms with Gasteiger partial charge in [0.05, 0.1) is 30.1 Å². The minimum atomic E-state index is -0.810. The number of rotatable bonds is 5. The van der Waals surface area contributed by atoms with Gasteiger partial charge in [-0.3, -0.25) is 4.68 Å². The molecule has 33 heavy (non-hydrogen) atoms. The van der Waals surface area contributed by atoms with E-state index in [1.165, 1.54) is 5.69 Å². The minimum Gasteiger partial charge on any atom is -0.389 e. The summed E-state index contributed by atoms with van der Waals surface area (Å²) in [5, 5.41) is 24.8. The first-order valence-electron chi connectivity index (χ1n) is 11.4.